The first kappa shape index (κ1) is 21.1. The summed E-state index contributed by atoms with van der Waals surface area (Å²) in [4.78, 5) is 0. The van der Waals surface area contributed by atoms with E-state index in [1.54, 1.807) is 6.07 Å². The maximum atomic E-state index is 5.96. The number of benzene rings is 2. The summed E-state index contributed by atoms with van der Waals surface area (Å²) in [5.74, 6) is 4.53. The molecule has 2 unspecified atom stereocenters. The molecule has 0 amide bonds. The molecule has 2 aliphatic carbocycles. The van der Waals surface area contributed by atoms with Crippen LogP contribution in [0.25, 0.3) is 0 Å². The highest BCUT2D eigenvalue weighted by molar-refractivity contribution is 5.54. The molecular formula is C27H38N2O. The van der Waals surface area contributed by atoms with Gasteiger partial charge in [-0.3, -0.25) is 0 Å². The van der Waals surface area contributed by atoms with E-state index >= 15 is 0 Å². The van der Waals surface area contributed by atoms with Crippen molar-refractivity contribution >= 4 is 11.4 Å². The highest BCUT2D eigenvalue weighted by Gasteiger charge is 2.28. The Labute approximate surface area is 182 Å². The average molecular weight is 407 g/mol. The maximum absolute atomic E-state index is 5.96. The van der Waals surface area contributed by atoms with Crippen LogP contribution in [0.4, 0.5) is 11.4 Å². The predicted molar refractivity (Wildman–Crippen MR) is 126 cm³/mol. The van der Waals surface area contributed by atoms with Crippen LogP contribution in [0.1, 0.15) is 81.8 Å². The molecule has 2 aliphatic rings. The molecule has 3 heteroatoms. The van der Waals surface area contributed by atoms with E-state index in [0.717, 1.165) is 29.1 Å². The third-order valence-corrected chi connectivity index (χ3v) is 7.54. The summed E-state index contributed by atoms with van der Waals surface area (Å²) in [6, 6.07) is 14.4. The van der Waals surface area contributed by atoms with Crippen molar-refractivity contribution in [1.29, 1.82) is 0 Å². The first-order chi connectivity index (χ1) is 14.6. The van der Waals surface area contributed by atoms with Gasteiger partial charge in [-0.2, -0.15) is 0 Å². The van der Waals surface area contributed by atoms with Crippen molar-refractivity contribution in [2.45, 2.75) is 77.2 Å². The Morgan fingerprint density at radius 3 is 2.10 bits per heavy atom. The lowest BCUT2D eigenvalue weighted by Crippen LogP contribution is -2.20. The standard InChI is InChI=1S/C27H38N2O/c1-19-5-7-23(8-6-19)21-3-2-4-22(10-9-21)24-11-13-27(14-12-24)30-18-20-15-25(28)17-26(29)16-20/h11-17,19,21-23H,2-10,18,28-29H2,1H3. The van der Waals surface area contributed by atoms with Crippen LogP contribution in [-0.2, 0) is 6.61 Å². The Morgan fingerprint density at radius 1 is 0.767 bits per heavy atom. The number of nitrogens with two attached hydrogens (primary N) is 2. The SMILES string of the molecule is CC1CCC(C2CCCC(c3ccc(OCc4cc(N)cc(N)c4)cc3)CC2)CC1. The van der Waals surface area contributed by atoms with Crippen LogP contribution >= 0.6 is 0 Å². The van der Waals surface area contributed by atoms with E-state index < -0.39 is 0 Å². The molecule has 0 aliphatic heterocycles. The Hall–Kier alpha value is -2.16. The second-order valence-electron chi connectivity index (χ2n) is 9.85. The van der Waals surface area contributed by atoms with Crippen molar-refractivity contribution in [3.63, 3.8) is 0 Å². The maximum Gasteiger partial charge on any atom is 0.119 e. The molecule has 2 atom stereocenters. The normalized spacial score (nSPS) is 27.4. The van der Waals surface area contributed by atoms with E-state index in [0.29, 0.717) is 23.9 Å². The van der Waals surface area contributed by atoms with Gasteiger partial charge in [0.25, 0.3) is 0 Å². The Balaban J connectivity index is 1.30. The molecule has 0 aromatic heterocycles. The van der Waals surface area contributed by atoms with Crippen LogP contribution in [0.2, 0.25) is 0 Å². The lowest BCUT2D eigenvalue weighted by molar-refractivity contribution is 0.196. The van der Waals surface area contributed by atoms with Gasteiger partial charge in [-0.15, -0.1) is 0 Å². The lowest BCUT2D eigenvalue weighted by atomic mass is 9.74. The number of anilines is 2. The Kier molecular flexibility index (Phi) is 6.86. The van der Waals surface area contributed by atoms with Gasteiger partial charge in [-0.05, 0) is 97.2 Å². The number of hydrogen-bond donors (Lipinski definition) is 2. The Morgan fingerprint density at radius 2 is 1.40 bits per heavy atom. The number of ether oxygens (including phenoxy) is 1. The van der Waals surface area contributed by atoms with Gasteiger partial charge in [0.05, 0.1) is 0 Å². The largest absolute Gasteiger partial charge is 0.489 e. The van der Waals surface area contributed by atoms with Gasteiger partial charge in [-0.1, -0.05) is 44.7 Å². The fourth-order valence-electron chi connectivity index (χ4n) is 5.72. The minimum absolute atomic E-state index is 0.486. The molecule has 0 spiro atoms. The summed E-state index contributed by atoms with van der Waals surface area (Å²) in [6.45, 7) is 2.91. The van der Waals surface area contributed by atoms with Gasteiger partial charge >= 0.3 is 0 Å². The van der Waals surface area contributed by atoms with Crippen molar-refractivity contribution in [2.24, 2.45) is 17.8 Å². The van der Waals surface area contributed by atoms with E-state index in [1.807, 2.05) is 12.1 Å². The van der Waals surface area contributed by atoms with Gasteiger partial charge in [0, 0.05) is 11.4 Å². The number of nitrogen functional groups attached to an aromatic ring is 2. The van der Waals surface area contributed by atoms with Crippen LogP contribution < -0.4 is 16.2 Å². The molecule has 4 N–H and O–H groups in total. The van der Waals surface area contributed by atoms with Gasteiger partial charge in [0.15, 0.2) is 0 Å². The minimum atomic E-state index is 0.486. The quantitative estimate of drug-likeness (QED) is 0.418. The van der Waals surface area contributed by atoms with Crippen molar-refractivity contribution < 1.29 is 4.74 Å². The fourth-order valence-corrected chi connectivity index (χ4v) is 5.72. The molecule has 4 rings (SSSR count). The molecule has 30 heavy (non-hydrogen) atoms. The van der Waals surface area contributed by atoms with E-state index in [4.69, 9.17) is 16.2 Å². The molecule has 162 valence electrons. The second-order valence-corrected chi connectivity index (χ2v) is 9.85. The van der Waals surface area contributed by atoms with Crippen molar-refractivity contribution in [3.05, 3.63) is 53.6 Å². The summed E-state index contributed by atoms with van der Waals surface area (Å²) in [6.07, 6.45) is 12.8. The second kappa shape index (κ2) is 9.76. The van der Waals surface area contributed by atoms with Gasteiger partial charge in [0.1, 0.15) is 12.4 Å². The molecule has 2 aromatic carbocycles. The van der Waals surface area contributed by atoms with Crippen LogP contribution in [0.3, 0.4) is 0 Å². The highest BCUT2D eigenvalue weighted by atomic mass is 16.5. The molecule has 0 bridgehead atoms. The van der Waals surface area contributed by atoms with Crippen LogP contribution in [0, 0.1) is 17.8 Å². The first-order valence-electron chi connectivity index (χ1n) is 11.9. The van der Waals surface area contributed by atoms with E-state index in [9.17, 15) is 0 Å². The van der Waals surface area contributed by atoms with Crippen molar-refractivity contribution in [3.8, 4) is 5.75 Å². The molecule has 2 saturated carbocycles. The summed E-state index contributed by atoms with van der Waals surface area (Å²) in [7, 11) is 0. The smallest absolute Gasteiger partial charge is 0.119 e. The topological polar surface area (TPSA) is 61.3 Å². The minimum Gasteiger partial charge on any atom is -0.489 e. The highest BCUT2D eigenvalue weighted by Crippen LogP contribution is 2.42. The summed E-state index contributed by atoms with van der Waals surface area (Å²) in [5.41, 5.74) is 15.6. The zero-order chi connectivity index (χ0) is 20.9. The monoisotopic (exact) mass is 406 g/mol. The molecule has 0 heterocycles. The van der Waals surface area contributed by atoms with E-state index in [1.165, 1.54) is 63.4 Å². The molecule has 0 radical (unpaired) electrons. The molecule has 2 fully saturated rings. The van der Waals surface area contributed by atoms with Gasteiger partial charge < -0.3 is 16.2 Å². The number of rotatable bonds is 5. The van der Waals surface area contributed by atoms with Gasteiger partial charge in [-0.25, -0.2) is 0 Å². The summed E-state index contributed by atoms with van der Waals surface area (Å²) in [5, 5.41) is 0. The van der Waals surface area contributed by atoms with E-state index in [-0.39, 0.29) is 0 Å². The number of hydrogen-bond acceptors (Lipinski definition) is 3. The van der Waals surface area contributed by atoms with Crippen LogP contribution in [-0.4, -0.2) is 0 Å². The predicted octanol–water partition coefficient (Wildman–Crippen LogP) is 6.92. The third kappa shape index (κ3) is 5.50. The molecule has 2 aromatic rings. The fraction of sp³-hybridized carbons (Fsp3) is 0.556. The average Bonchev–Trinajstić information content (AvgIpc) is 2.99. The molecule has 3 nitrogen and oxygen atoms in total. The van der Waals surface area contributed by atoms with Crippen molar-refractivity contribution in [2.75, 3.05) is 11.5 Å². The first-order valence-corrected chi connectivity index (χ1v) is 11.9. The zero-order valence-corrected chi connectivity index (χ0v) is 18.5. The van der Waals surface area contributed by atoms with Crippen LogP contribution in [0.15, 0.2) is 42.5 Å². The Bertz CT molecular complexity index is 788. The third-order valence-electron chi connectivity index (χ3n) is 7.54. The lowest BCUT2D eigenvalue weighted by Gasteiger charge is -2.32. The summed E-state index contributed by atoms with van der Waals surface area (Å²) >= 11 is 0. The molecular weight excluding hydrogens is 368 g/mol. The summed E-state index contributed by atoms with van der Waals surface area (Å²) < 4.78 is 5.96. The molecule has 0 saturated heterocycles. The van der Waals surface area contributed by atoms with Crippen LogP contribution in [0.5, 0.6) is 5.75 Å². The zero-order valence-electron chi connectivity index (χ0n) is 18.5. The van der Waals surface area contributed by atoms with E-state index in [2.05, 4.69) is 31.2 Å². The van der Waals surface area contributed by atoms with Crippen molar-refractivity contribution in [1.82, 2.24) is 0 Å². The van der Waals surface area contributed by atoms with Gasteiger partial charge in [0.2, 0.25) is 0 Å².